The van der Waals surface area contributed by atoms with E-state index in [-0.39, 0.29) is 24.0 Å². The van der Waals surface area contributed by atoms with Gasteiger partial charge >= 0.3 is 0 Å². The largest absolute Gasteiger partial charge is 0.364 e. The second-order valence-electron chi connectivity index (χ2n) is 7.12. The summed E-state index contributed by atoms with van der Waals surface area (Å²) in [5.74, 6) is 0.987. The first-order valence-corrected chi connectivity index (χ1v) is 9.87. The van der Waals surface area contributed by atoms with Gasteiger partial charge in [-0.05, 0) is 22.8 Å². The van der Waals surface area contributed by atoms with Gasteiger partial charge < -0.3 is 14.7 Å². The lowest BCUT2D eigenvalue weighted by molar-refractivity contribution is 0.169. The van der Waals surface area contributed by atoms with Gasteiger partial charge in [0.1, 0.15) is 6.26 Å². The summed E-state index contributed by atoms with van der Waals surface area (Å²) in [4.78, 5) is 9.23. The van der Waals surface area contributed by atoms with Crippen LogP contribution in [0.3, 0.4) is 0 Å². The Labute approximate surface area is 189 Å². The van der Waals surface area contributed by atoms with E-state index in [1.807, 2.05) is 13.1 Å². The summed E-state index contributed by atoms with van der Waals surface area (Å²) in [5, 5.41) is 10.2. The van der Waals surface area contributed by atoms with Crippen LogP contribution in [0.15, 0.2) is 64.3 Å². The Bertz CT molecular complexity index is 915. The Morgan fingerprint density at radius 3 is 2.62 bits per heavy atom. The van der Waals surface area contributed by atoms with E-state index in [0.29, 0.717) is 0 Å². The molecule has 2 aromatic carbocycles. The van der Waals surface area contributed by atoms with Gasteiger partial charge in [0.2, 0.25) is 0 Å². The van der Waals surface area contributed by atoms with Gasteiger partial charge in [0.05, 0.1) is 5.69 Å². The highest BCUT2D eigenvalue weighted by Gasteiger charge is 2.20. The van der Waals surface area contributed by atoms with Crippen LogP contribution in [-0.4, -0.2) is 60.7 Å². The van der Waals surface area contributed by atoms with Gasteiger partial charge in [0, 0.05) is 52.4 Å². The number of piperazine rings is 1. The lowest BCUT2D eigenvalue weighted by Crippen LogP contribution is -2.52. The van der Waals surface area contributed by atoms with Crippen molar-refractivity contribution < 1.29 is 4.52 Å². The number of halogens is 1. The molecule has 3 aromatic rings. The first-order valence-electron chi connectivity index (χ1n) is 9.87. The van der Waals surface area contributed by atoms with Crippen molar-refractivity contribution in [3.05, 3.63) is 66.1 Å². The van der Waals surface area contributed by atoms with Gasteiger partial charge in [0.15, 0.2) is 5.96 Å². The van der Waals surface area contributed by atoms with Gasteiger partial charge in [-0.15, -0.1) is 24.0 Å². The molecule has 1 aliphatic rings. The van der Waals surface area contributed by atoms with Crippen molar-refractivity contribution in [3.63, 3.8) is 0 Å². The fraction of sp³-hybridized carbons (Fsp3) is 0.364. The van der Waals surface area contributed by atoms with Crippen LogP contribution in [-0.2, 0) is 13.0 Å². The lowest BCUT2D eigenvalue weighted by Gasteiger charge is -2.36. The third kappa shape index (κ3) is 5.48. The zero-order chi connectivity index (χ0) is 19.2. The number of aromatic nitrogens is 1. The van der Waals surface area contributed by atoms with Crippen LogP contribution in [0.5, 0.6) is 0 Å². The zero-order valence-electron chi connectivity index (χ0n) is 16.8. The predicted molar refractivity (Wildman–Crippen MR) is 128 cm³/mol. The van der Waals surface area contributed by atoms with E-state index in [9.17, 15) is 0 Å². The molecule has 1 aromatic heterocycles. The number of rotatable bonds is 5. The topological polar surface area (TPSA) is 56.9 Å². The molecule has 0 saturated carbocycles. The molecule has 1 N–H and O–H groups in total. The Morgan fingerprint density at radius 1 is 1.07 bits per heavy atom. The second kappa shape index (κ2) is 10.6. The maximum Gasteiger partial charge on any atom is 0.193 e. The number of hydrogen-bond donors (Lipinski definition) is 1. The molecule has 154 valence electrons. The molecule has 1 fully saturated rings. The minimum atomic E-state index is 0. The normalized spacial score (nSPS) is 15.3. The fourth-order valence-corrected chi connectivity index (χ4v) is 3.82. The molecule has 0 spiro atoms. The van der Waals surface area contributed by atoms with Crippen LogP contribution in [0.2, 0.25) is 0 Å². The van der Waals surface area contributed by atoms with Crippen LogP contribution < -0.4 is 5.32 Å². The van der Waals surface area contributed by atoms with Crippen molar-refractivity contribution >= 4 is 40.7 Å². The molecule has 1 saturated heterocycles. The van der Waals surface area contributed by atoms with Gasteiger partial charge in [-0.2, -0.15) is 0 Å². The molecule has 2 heterocycles. The van der Waals surface area contributed by atoms with E-state index in [2.05, 4.69) is 67.7 Å². The summed E-state index contributed by atoms with van der Waals surface area (Å²) in [6, 6.07) is 17.0. The maximum atomic E-state index is 4.92. The third-order valence-corrected chi connectivity index (χ3v) is 5.32. The van der Waals surface area contributed by atoms with Crippen molar-refractivity contribution in [3.8, 4) is 0 Å². The molecule has 0 amide bonds. The van der Waals surface area contributed by atoms with Crippen molar-refractivity contribution in [2.24, 2.45) is 4.99 Å². The summed E-state index contributed by atoms with van der Waals surface area (Å²) in [5.41, 5.74) is 2.37. The first-order chi connectivity index (χ1) is 13.8. The van der Waals surface area contributed by atoms with Crippen LogP contribution in [0.4, 0.5) is 0 Å². The van der Waals surface area contributed by atoms with E-state index < -0.39 is 0 Å². The number of aliphatic imine (C=N–C) groups is 1. The molecule has 4 rings (SSSR count). The smallest absolute Gasteiger partial charge is 0.193 e. The SMILES string of the molecule is CN=C(NCCc1cccc2ccccc12)N1CCN(Cc2ccon2)CC1.I. The molecule has 0 radical (unpaired) electrons. The quantitative estimate of drug-likeness (QED) is 0.328. The highest BCUT2D eigenvalue weighted by molar-refractivity contribution is 14.0. The lowest BCUT2D eigenvalue weighted by atomic mass is 10.0. The highest BCUT2D eigenvalue weighted by atomic mass is 127. The van der Waals surface area contributed by atoms with E-state index >= 15 is 0 Å². The molecular weight excluding hydrogens is 477 g/mol. The monoisotopic (exact) mass is 505 g/mol. The van der Waals surface area contributed by atoms with Crippen molar-refractivity contribution in [2.75, 3.05) is 39.8 Å². The summed E-state index contributed by atoms with van der Waals surface area (Å²) in [6.45, 7) is 5.64. The minimum Gasteiger partial charge on any atom is -0.364 e. The molecule has 0 aliphatic carbocycles. The maximum absolute atomic E-state index is 4.92. The van der Waals surface area contributed by atoms with Gasteiger partial charge in [-0.25, -0.2) is 0 Å². The predicted octanol–water partition coefficient (Wildman–Crippen LogP) is 3.38. The van der Waals surface area contributed by atoms with Crippen LogP contribution in [0.1, 0.15) is 11.3 Å². The molecule has 7 heteroatoms. The molecule has 1 aliphatic heterocycles. The Kier molecular flexibility index (Phi) is 7.88. The summed E-state index contributed by atoms with van der Waals surface area (Å²) in [6.07, 6.45) is 2.61. The van der Waals surface area contributed by atoms with Crippen LogP contribution in [0.25, 0.3) is 10.8 Å². The standard InChI is InChI=1S/C22H27N5O.HI/c1-23-22(27-14-12-26(13-15-27)17-20-10-16-28-25-20)24-11-9-19-7-4-6-18-5-2-3-8-21(18)19;/h2-8,10,16H,9,11-15,17H2,1H3,(H,23,24);1H. The van der Waals surface area contributed by atoms with E-state index in [1.165, 1.54) is 16.3 Å². The Morgan fingerprint density at radius 2 is 1.86 bits per heavy atom. The van der Waals surface area contributed by atoms with Gasteiger partial charge in [-0.1, -0.05) is 47.6 Å². The van der Waals surface area contributed by atoms with Crippen LogP contribution in [0, 0.1) is 0 Å². The number of guanidine groups is 1. The number of nitrogens with zero attached hydrogens (tertiary/aromatic N) is 4. The van der Waals surface area contributed by atoms with E-state index in [1.54, 1.807) is 6.26 Å². The second-order valence-corrected chi connectivity index (χ2v) is 7.12. The summed E-state index contributed by atoms with van der Waals surface area (Å²) >= 11 is 0. The number of fused-ring (bicyclic) bond motifs is 1. The van der Waals surface area contributed by atoms with Crippen molar-refractivity contribution in [1.29, 1.82) is 0 Å². The molecule has 0 atom stereocenters. The van der Waals surface area contributed by atoms with E-state index in [0.717, 1.165) is 57.3 Å². The van der Waals surface area contributed by atoms with E-state index in [4.69, 9.17) is 4.52 Å². The summed E-state index contributed by atoms with van der Waals surface area (Å²) in [7, 11) is 1.86. The minimum absolute atomic E-state index is 0. The Balaban J connectivity index is 0.00000240. The zero-order valence-corrected chi connectivity index (χ0v) is 19.1. The molecule has 6 nitrogen and oxygen atoms in total. The van der Waals surface area contributed by atoms with Crippen molar-refractivity contribution in [1.82, 2.24) is 20.3 Å². The van der Waals surface area contributed by atoms with Crippen LogP contribution >= 0.6 is 24.0 Å². The fourth-order valence-electron chi connectivity index (χ4n) is 3.82. The number of nitrogens with one attached hydrogen (secondary N) is 1. The average molecular weight is 505 g/mol. The third-order valence-electron chi connectivity index (χ3n) is 5.32. The van der Waals surface area contributed by atoms with Gasteiger partial charge in [0.25, 0.3) is 0 Å². The molecule has 29 heavy (non-hydrogen) atoms. The molecule has 0 bridgehead atoms. The van der Waals surface area contributed by atoms with Crippen molar-refractivity contribution in [2.45, 2.75) is 13.0 Å². The highest BCUT2D eigenvalue weighted by Crippen LogP contribution is 2.18. The molecular formula is C22H28IN5O. The molecule has 0 unspecified atom stereocenters. The van der Waals surface area contributed by atoms with Gasteiger partial charge in [-0.3, -0.25) is 9.89 Å². The number of hydrogen-bond acceptors (Lipinski definition) is 4. The first kappa shape index (κ1) is 21.6. The summed E-state index contributed by atoms with van der Waals surface area (Å²) < 4.78 is 4.92. The number of benzene rings is 2. The Hall–Kier alpha value is -2.13. The average Bonchev–Trinajstić information content (AvgIpc) is 3.25.